The van der Waals surface area contributed by atoms with Crippen molar-refractivity contribution >= 4 is 5.91 Å². The zero-order valence-corrected chi connectivity index (χ0v) is 12.0. The summed E-state index contributed by atoms with van der Waals surface area (Å²) in [7, 11) is 0. The molecule has 4 nitrogen and oxygen atoms in total. The first-order valence-corrected chi connectivity index (χ1v) is 7.43. The minimum Gasteiger partial charge on any atom is -0.375 e. The van der Waals surface area contributed by atoms with Crippen LogP contribution in [-0.2, 0) is 16.1 Å². The second-order valence-corrected chi connectivity index (χ2v) is 5.78. The van der Waals surface area contributed by atoms with Crippen molar-refractivity contribution in [3.8, 4) is 0 Å². The zero-order chi connectivity index (χ0) is 13.9. The molecule has 1 aromatic rings. The fraction of sp³-hybridized carbons (Fsp3) is 0.562. The van der Waals surface area contributed by atoms with Crippen molar-refractivity contribution in [3.05, 3.63) is 35.4 Å². The average molecular weight is 274 g/mol. The SMILES string of the molecule is CC(CN1CCCC1=O)NC1COCc2ccccc21. The first-order chi connectivity index (χ1) is 9.74. The lowest BCUT2D eigenvalue weighted by Crippen LogP contribution is -2.43. The van der Waals surface area contributed by atoms with Crippen LogP contribution in [0.5, 0.6) is 0 Å². The third-order valence-corrected chi connectivity index (χ3v) is 4.12. The van der Waals surface area contributed by atoms with E-state index in [-0.39, 0.29) is 12.1 Å². The molecule has 108 valence electrons. The van der Waals surface area contributed by atoms with Gasteiger partial charge in [-0.25, -0.2) is 0 Å². The van der Waals surface area contributed by atoms with E-state index in [4.69, 9.17) is 4.74 Å². The molecule has 2 aliphatic heterocycles. The largest absolute Gasteiger partial charge is 0.375 e. The molecular formula is C16H22N2O2. The first-order valence-electron chi connectivity index (χ1n) is 7.43. The van der Waals surface area contributed by atoms with Gasteiger partial charge in [-0.15, -0.1) is 0 Å². The molecule has 2 atom stereocenters. The lowest BCUT2D eigenvalue weighted by Gasteiger charge is -2.30. The van der Waals surface area contributed by atoms with Gasteiger partial charge in [0, 0.05) is 25.6 Å². The van der Waals surface area contributed by atoms with Crippen molar-refractivity contribution in [2.24, 2.45) is 0 Å². The van der Waals surface area contributed by atoms with E-state index in [2.05, 4.69) is 36.5 Å². The lowest BCUT2D eigenvalue weighted by molar-refractivity contribution is -0.128. The Morgan fingerprint density at radius 1 is 1.45 bits per heavy atom. The highest BCUT2D eigenvalue weighted by Crippen LogP contribution is 2.25. The summed E-state index contributed by atoms with van der Waals surface area (Å²) >= 11 is 0. The number of likely N-dealkylation sites (tertiary alicyclic amines) is 1. The number of fused-ring (bicyclic) bond motifs is 1. The molecule has 20 heavy (non-hydrogen) atoms. The number of hydrogen-bond acceptors (Lipinski definition) is 3. The molecule has 0 spiro atoms. The molecular weight excluding hydrogens is 252 g/mol. The van der Waals surface area contributed by atoms with Gasteiger partial charge in [-0.05, 0) is 24.5 Å². The summed E-state index contributed by atoms with van der Waals surface area (Å²) < 4.78 is 5.66. The second-order valence-electron chi connectivity index (χ2n) is 5.78. The molecule has 1 fully saturated rings. The Bertz CT molecular complexity index is 489. The first kappa shape index (κ1) is 13.6. The summed E-state index contributed by atoms with van der Waals surface area (Å²) in [5.41, 5.74) is 2.60. The summed E-state index contributed by atoms with van der Waals surface area (Å²) in [6, 6.07) is 8.93. The Labute approximate surface area is 120 Å². The molecule has 1 N–H and O–H groups in total. The van der Waals surface area contributed by atoms with Crippen LogP contribution in [0.3, 0.4) is 0 Å². The molecule has 2 unspecified atom stereocenters. The van der Waals surface area contributed by atoms with Crippen LogP contribution in [0.1, 0.15) is 36.9 Å². The van der Waals surface area contributed by atoms with Crippen LogP contribution < -0.4 is 5.32 Å². The molecule has 0 aromatic heterocycles. The summed E-state index contributed by atoms with van der Waals surface area (Å²) in [6.45, 7) is 5.24. The fourth-order valence-corrected chi connectivity index (χ4v) is 3.14. The summed E-state index contributed by atoms with van der Waals surface area (Å²) in [4.78, 5) is 13.6. The summed E-state index contributed by atoms with van der Waals surface area (Å²) in [5.74, 6) is 0.291. The van der Waals surface area contributed by atoms with Crippen LogP contribution in [-0.4, -0.2) is 36.5 Å². The minimum atomic E-state index is 0.229. The van der Waals surface area contributed by atoms with Gasteiger partial charge in [0.2, 0.25) is 5.91 Å². The lowest BCUT2D eigenvalue weighted by atomic mass is 9.98. The number of ether oxygens (including phenoxy) is 1. The number of carbonyl (C=O) groups is 1. The molecule has 1 amide bonds. The molecule has 0 radical (unpaired) electrons. The average Bonchev–Trinajstić information content (AvgIpc) is 2.85. The Morgan fingerprint density at radius 2 is 2.30 bits per heavy atom. The molecule has 0 saturated carbocycles. The summed E-state index contributed by atoms with van der Waals surface area (Å²) in [5, 5.41) is 3.60. The van der Waals surface area contributed by atoms with Crippen LogP contribution in [0.25, 0.3) is 0 Å². The third kappa shape index (κ3) is 2.86. The molecule has 1 saturated heterocycles. The Balaban J connectivity index is 1.62. The Morgan fingerprint density at radius 3 is 3.10 bits per heavy atom. The van der Waals surface area contributed by atoms with E-state index >= 15 is 0 Å². The number of benzene rings is 1. The highest BCUT2D eigenvalue weighted by Gasteiger charge is 2.25. The van der Waals surface area contributed by atoms with Crippen LogP contribution >= 0.6 is 0 Å². The third-order valence-electron chi connectivity index (χ3n) is 4.12. The Kier molecular flexibility index (Phi) is 4.03. The molecule has 2 aliphatic rings. The van der Waals surface area contributed by atoms with E-state index < -0.39 is 0 Å². The molecule has 0 bridgehead atoms. The number of amides is 1. The predicted molar refractivity (Wildman–Crippen MR) is 77.3 cm³/mol. The van der Waals surface area contributed by atoms with Gasteiger partial charge in [-0.2, -0.15) is 0 Å². The van der Waals surface area contributed by atoms with Gasteiger partial charge in [-0.3, -0.25) is 4.79 Å². The molecule has 1 aromatic carbocycles. The van der Waals surface area contributed by atoms with Crippen molar-refractivity contribution in [2.75, 3.05) is 19.7 Å². The second kappa shape index (κ2) is 5.94. The highest BCUT2D eigenvalue weighted by atomic mass is 16.5. The zero-order valence-electron chi connectivity index (χ0n) is 12.0. The topological polar surface area (TPSA) is 41.6 Å². The predicted octanol–water partition coefficient (Wildman–Crippen LogP) is 1.86. The van der Waals surface area contributed by atoms with Crippen LogP contribution in [0.15, 0.2) is 24.3 Å². The minimum absolute atomic E-state index is 0.229. The number of nitrogens with zero attached hydrogens (tertiary/aromatic N) is 1. The summed E-state index contributed by atoms with van der Waals surface area (Å²) in [6.07, 6.45) is 1.71. The maximum Gasteiger partial charge on any atom is 0.222 e. The monoisotopic (exact) mass is 274 g/mol. The quantitative estimate of drug-likeness (QED) is 0.911. The van der Waals surface area contributed by atoms with Crippen molar-refractivity contribution in [2.45, 2.75) is 38.5 Å². The van der Waals surface area contributed by atoms with Gasteiger partial charge in [0.1, 0.15) is 0 Å². The Hall–Kier alpha value is -1.39. The number of nitrogens with one attached hydrogen (secondary N) is 1. The van der Waals surface area contributed by atoms with E-state index in [0.717, 1.165) is 19.5 Å². The number of rotatable bonds is 4. The number of hydrogen-bond donors (Lipinski definition) is 1. The van der Waals surface area contributed by atoms with Gasteiger partial charge < -0.3 is 15.0 Å². The smallest absolute Gasteiger partial charge is 0.222 e. The van der Waals surface area contributed by atoms with Gasteiger partial charge >= 0.3 is 0 Å². The highest BCUT2D eigenvalue weighted by molar-refractivity contribution is 5.78. The molecule has 4 heteroatoms. The van der Waals surface area contributed by atoms with Gasteiger partial charge in [0.05, 0.1) is 19.3 Å². The maximum atomic E-state index is 11.7. The van der Waals surface area contributed by atoms with Crippen molar-refractivity contribution in [3.63, 3.8) is 0 Å². The van der Waals surface area contributed by atoms with Crippen LogP contribution in [0, 0.1) is 0 Å². The van der Waals surface area contributed by atoms with Gasteiger partial charge in [0.25, 0.3) is 0 Å². The van der Waals surface area contributed by atoms with Crippen LogP contribution in [0.2, 0.25) is 0 Å². The van der Waals surface area contributed by atoms with Crippen molar-refractivity contribution in [1.29, 1.82) is 0 Å². The maximum absolute atomic E-state index is 11.7. The normalized spacial score (nSPS) is 23.8. The van der Waals surface area contributed by atoms with E-state index in [1.165, 1.54) is 11.1 Å². The van der Waals surface area contributed by atoms with Crippen molar-refractivity contribution < 1.29 is 9.53 Å². The molecule has 2 heterocycles. The number of carbonyl (C=O) groups excluding carboxylic acids is 1. The van der Waals surface area contributed by atoms with E-state index in [1.54, 1.807) is 0 Å². The van der Waals surface area contributed by atoms with Gasteiger partial charge in [-0.1, -0.05) is 24.3 Å². The van der Waals surface area contributed by atoms with E-state index in [9.17, 15) is 4.79 Å². The van der Waals surface area contributed by atoms with E-state index in [0.29, 0.717) is 25.5 Å². The van der Waals surface area contributed by atoms with Gasteiger partial charge in [0.15, 0.2) is 0 Å². The standard InChI is InChI=1S/C16H22N2O2/c1-12(9-18-8-4-7-16(18)19)17-15-11-20-10-13-5-2-3-6-14(13)15/h2-3,5-6,12,15,17H,4,7-11H2,1H3. The van der Waals surface area contributed by atoms with E-state index in [1.807, 2.05) is 4.90 Å². The van der Waals surface area contributed by atoms with Crippen molar-refractivity contribution in [1.82, 2.24) is 10.2 Å². The molecule has 0 aliphatic carbocycles. The molecule has 3 rings (SSSR count). The van der Waals surface area contributed by atoms with Crippen LogP contribution in [0.4, 0.5) is 0 Å². The fourth-order valence-electron chi connectivity index (χ4n) is 3.14.